The van der Waals surface area contributed by atoms with Crippen LogP contribution in [0.2, 0.25) is 15.1 Å². The first-order chi connectivity index (χ1) is 16.3. The van der Waals surface area contributed by atoms with E-state index in [1.165, 1.54) is 0 Å². The Morgan fingerprint density at radius 3 is 2.65 bits per heavy atom. The van der Waals surface area contributed by atoms with Gasteiger partial charge in [-0.3, -0.25) is 14.6 Å². The topological polar surface area (TPSA) is 84.8 Å². The molecule has 11 heteroatoms. The first-order valence-corrected chi connectivity index (χ1v) is 12.6. The Balaban J connectivity index is 1.37. The zero-order valence-electron chi connectivity index (χ0n) is 19.1. The Bertz CT molecular complexity index is 1020. The van der Waals surface area contributed by atoms with E-state index in [9.17, 15) is 4.79 Å². The van der Waals surface area contributed by atoms with Crippen LogP contribution in [0.5, 0.6) is 0 Å². The monoisotopic (exact) mass is 526 g/mol. The molecule has 4 rings (SSSR count). The Hall–Kier alpha value is -1.84. The molecule has 34 heavy (non-hydrogen) atoms. The quantitative estimate of drug-likeness (QED) is 0.552. The fourth-order valence-corrected chi connectivity index (χ4v) is 5.42. The maximum Gasteiger partial charge on any atom is 0.317 e. The second kappa shape index (κ2) is 11.3. The third-order valence-corrected chi connectivity index (χ3v) is 7.31. The van der Waals surface area contributed by atoms with Gasteiger partial charge in [0, 0.05) is 48.8 Å². The second-order valence-electron chi connectivity index (χ2n) is 8.85. The smallest absolute Gasteiger partial charge is 0.317 e. The molecule has 0 amide bonds. The van der Waals surface area contributed by atoms with Gasteiger partial charge in [-0.1, -0.05) is 40.9 Å². The highest BCUT2D eigenvalue weighted by Crippen LogP contribution is 2.31. The summed E-state index contributed by atoms with van der Waals surface area (Å²) in [6, 6.07) is 5.68. The van der Waals surface area contributed by atoms with Crippen LogP contribution in [0.15, 0.2) is 24.4 Å². The lowest BCUT2D eigenvalue weighted by Crippen LogP contribution is -2.55. The lowest BCUT2D eigenvalue weighted by atomic mass is 10.0. The summed E-state index contributed by atoms with van der Waals surface area (Å²) in [5.74, 6) is 0.434. The Labute approximate surface area is 214 Å². The van der Waals surface area contributed by atoms with E-state index in [1.54, 1.807) is 18.3 Å². The highest BCUT2D eigenvalue weighted by molar-refractivity contribution is 6.35. The van der Waals surface area contributed by atoms with E-state index in [0.29, 0.717) is 32.9 Å². The first kappa shape index (κ1) is 25.3. The molecule has 1 unspecified atom stereocenters. The SMILES string of the molecule is C[C@@H](Nc1nc(N2CCN(C3CCCN(CC(=O)O)C3)CC2)ncc1Cl)c1ccc(Cl)cc1Cl. The average Bonchev–Trinajstić information content (AvgIpc) is 2.80. The molecule has 1 aromatic heterocycles. The van der Waals surface area contributed by atoms with Gasteiger partial charge < -0.3 is 15.3 Å². The molecular formula is C23H29Cl3N6O2. The number of likely N-dealkylation sites (tertiary alicyclic amines) is 1. The molecule has 0 spiro atoms. The van der Waals surface area contributed by atoms with Crippen LogP contribution >= 0.6 is 34.8 Å². The fraction of sp³-hybridized carbons (Fsp3) is 0.522. The van der Waals surface area contributed by atoms with Crippen molar-refractivity contribution >= 4 is 52.5 Å². The number of piperidine rings is 1. The molecule has 8 nitrogen and oxygen atoms in total. The molecule has 2 aromatic rings. The predicted octanol–water partition coefficient (Wildman–Crippen LogP) is 4.28. The zero-order chi connectivity index (χ0) is 24.2. The number of anilines is 2. The van der Waals surface area contributed by atoms with E-state index >= 15 is 0 Å². The van der Waals surface area contributed by atoms with Crippen molar-refractivity contribution in [1.29, 1.82) is 0 Å². The molecule has 2 saturated heterocycles. The van der Waals surface area contributed by atoms with Crippen LogP contribution in [-0.4, -0.2) is 82.7 Å². The number of hydrogen-bond donors (Lipinski definition) is 2. The van der Waals surface area contributed by atoms with Crippen LogP contribution in [0.3, 0.4) is 0 Å². The number of piperazine rings is 1. The number of carboxylic acid groups (broad SMARTS) is 1. The van der Waals surface area contributed by atoms with Gasteiger partial charge in [0.2, 0.25) is 5.95 Å². The summed E-state index contributed by atoms with van der Waals surface area (Å²) in [6.07, 6.45) is 3.76. The summed E-state index contributed by atoms with van der Waals surface area (Å²) < 4.78 is 0. The predicted molar refractivity (Wildman–Crippen MR) is 136 cm³/mol. The first-order valence-electron chi connectivity index (χ1n) is 11.5. The summed E-state index contributed by atoms with van der Waals surface area (Å²) in [7, 11) is 0. The number of rotatable bonds is 7. The highest BCUT2D eigenvalue weighted by atomic mass is 35.5. The number of aliphatic carboxylic acids is 1. The molecule has 1 aromatic carbocycles. The van der Waals surface area contributed by atoms with Gasteiger partial charge in [0.15, 0.2) is 5.82 Å². The number of nitrogens with zero attached hydrogens (tertiary/aromatic N) is 5. The Morgan fingerprint density at radius 2 is 1.94 bits per heavy atom. The number of carboxylic acids is 1. The molecule has 2 N–H and O–H groups in total. The molecular weight excluding hydrogens is 499 g/mol. The van der Waals surface area contributed by atoms with E-state index in [1.807, 2.05) is 17.9 Å². The summed E-state index contributed by atoms with van der Waals surface area (Å²) in [5, 5.41) is 14.1. The number of aromatic nitrogens is 2. The minimum atomic E-state index is -0.762. The molecule has 0 radical (unpaired) electrons. The molecule has 2 fully saturated rings. The zero-order valence-corrected chi connectivity index (χ0v) is 21.3. The largest absolute Gasteiger partial charge is 0.480 e. The van der Waals surface area contributed by atoms with Gasteiger partial charge >= 0.3 is 5.97 Å². The molecule has 0 aliphatic carbocycles. The van der Waals surface area contributed by atoms with Crippen LogP contribution in [0.4, 0.5) is 11.8 Å². The number of carbonyl (C=O) groups is 1. The Morgan fingerprint density at radius 1 is 1.18 bits per heavy atom. The molecule has 3 heterocycles. The normalized spacial score (nSPS) is 20.8. The maximum atomic E-state index is 11.1. The second-order valence-corrected chi connectivity index (χ2v) is 10.1. The van der Waals surface area contributed by atoms with Crippen molar-refractivity contribution in [2.75, 3.05) is 56.0 Å². The number of benzene rings is 1. The van der Waals surface area contributed by atoms with E-state index in [-0.39, 0.29) is 12.6 Å². The van der Waals surface area contributed by atoms with Crippen LogP contribution < -0.4 is 10.2 Å². The van der Waals surface area contributed by atoms with E-state index in [0.717, 1.165) is 57.7 Å². The van der Waals surface area contributed by atoms with Crippen molar-refractivity contribution in [2.45, 2.75) is 31.8 Å². The van der Waals surface area contributed by atoms with Gasteiger partial charge in [0.1, 0.15) is 5.02 Å². The van der Waals surface area contributed by atoms with E-state index in [4.69, 9.17) is 44.9 Å². The van der Waals surface area contributed by atoms with Gasteiger partial charge in [-0.2, -0.15) is 4.98 Å². The summed E-state index contributed by atoms with van der Waals surface area (Å²) >= 11 is 18.8. The molecule has 0 saturated carbocycles. The highest BCUT2D eigenvalue weighted by Gasteiger charge is 2.29. The number of hydrogen-bond acceptors (Lipinski definition) is 7. The minimum Gasteiger partial charge on any atom is -0.480 e. The van der Waals surface area contributed by atoms with Crippen molar-refractivity contribution in [1.82, 2.24) is 19.8 Å². The molecule has 184 valence electrons. The molecule has 2 aliphatic rings. The van der Waals surface area contributed by atoms with Gasteiger partial charge in [0.05, 0.1) is 18.8 Å². The van der Waals surface area contributed by atoms with E-state index < -0.39 is 5.97 Å². The standard InChI is InChI=1S/C23H29Cl3N6O2/c1-15(18-5-4-16(24)11-19(18)25)28-22-20(26)12-27-23(29-22)32-9-7-31(8-10-32)17-3-2-6-30(13-17)14-21(33)34/h4-5,11-12,15,17H,2-3,6-10,13-14H2,1H3,(H,33,34)(H,27,28,29)/t15-,17?/m1/s1. The van der Waals surface area contributed by atoms with Crippen molar-refractivity contribution in [3.05, 3.63) is 45.0 Å². The fourth-order valence-electron chi connectivity index (χ4n) is 4.70. The van der Waals surface area contributed by atoms with Crippen LogP contribution in [0.1, 0.15) is 31.4 Å². The molecule has 2 atom stereocenters. The number of halogens is 3. The third-order valence-electron chi connectivity index (χ3n) is 6.47. The van der Waals surface area contributed by atoms with Crippen LogP contribution in [0.25, 0.3) is 0 Å². The van der Waals surface area contributed by atoms with Gasteiger partial charge in [-0.15, -0.1) is 0 Å². The number of nitrogens with one attached hydrogen (secondary N) is 1. The van der Waals surface area contributed by atoms with Gasteiger partial charge in [-0.05, 0) is 44.0 Å². The lowest BCUT2D eigenvalue weighted by Gasteiger charge is -2.43. The maximum absolute atomic E-state index is 11.1. The lowest BCUT2D eigenvalue weighted by molar-refractivity contribution is -0.138. The summed E-state index contributed by atoms with van der Waals surface area (Å²) in [6.45, 7) is 7.15. The summed E-state index contributed by atoms with van der Waals surface area (Å²) in [4.78, 5) is 26.9. The van der Waals surface area contributed by atoms with Crippen LogP contribution in [-0.2, 0) is 4.79 Å². The van der Waals surface area contributed by atoms with Gasteiger partial charge in [0.25, 0.3) is 0 Å². The van der Waals surface area contributed by atoms with Gasteiger partial charge in [-0.25, -0.2) is 4.98 Å². The Kier molecular flexibility index (Phi) is 8.37. The average molecular weight is 528 g/mol. The molecule has 2 aliphatic heterocycles. The van der Waals surface area contributed by atoms with Crippen molar-refractivity contribution in [2.24, 2.45) is 0 Å². The van der Waals surface area contributed by atoms with E-state index in [2.05, 4.69) is 20.1 Å². The third kappa shape index (κ3) is 6.23. The van der Waals surface area contributed by atoms with Crippen molar-refractivity contribution in [3.63, 3.8) is 0 Å². The van der Waals surface area contributed by atoms with Crippen molar-refractivity contribution < 1.29 is 9.90 Å². The summed E-state index contributed by atoms with van der Waals surface area (Å²) in [5.41, 5.74) is 0.903. The van der Waals surface area contributed by atoms with Crippen molar-refractivity contribution in [3.8, 4) is 0 Å². The van der Waals surface area contributed by atoms with Crippen LogP contribution in [0, 0.1) is 0 Å². The molecule has 0 bridgehead atoms. The minimum absolute atomic E-state index is 0.116.